The summed E-state index contributed by atoms with van der Waals surface area (Å²) in [6.45, 7) is 4.73. The number of nitrogens with zero attached hydrogens (tertiary/aromatic N) is 1. The van der Waals surface area contributed by atoms with E-state index in [-0.39, 0.29) is 12.6 Å². The molecule has 0 aliphatic rings. The number of benzene rings is 2. The molecule has 0 saturated heterocycles. The fraction of sp³-hybridized carbons (Fsp3) is 0.200. The van der Waals surface area contributed by atoms with Gasteiger partial charge in [0.05, 0.1) is 17.9 Å². The van der Waals surface area contributed by atoms with E-state index in [4.69, 9.17) is 9.47 Å². The first kappa shape index (κ1) is 17.2. The Morgan fingerprint density at radius 3 is 2.48 bits per heavy atom. The third-order valence-electron chi connectivity index (χ3n) is 3.60. The van der Waals surface area contributed by atoms with Gasteiger partial charge in [0.15, 0.2) is 0 Å². The Bertz CT molecular complexity index is 838. The van der Waals surface area contributed by atoms with Crippen molar-refractivity contribution in [2.24, 2.45) is 0 Å². The zero-order chi connectivity index (χ0) is 17.6. The zero-order valence-electron chi connectivity index (χ0n) is 14.2. The monoisotopic (exact) mass is 353 g/mol. The first-order valence-corrected chi connectivity index (χ1v) is 8.95. The van der Waals surface area contributed by atoms with Crippen molar-refractivity contribution >= 4 is 17.3 Å². The summed E-state index contributed by atoms with van der Waals surface area (Å²) in [7, 11) is 0. The van der Waals surface area contributed by atoms with E-state index < -0.39 is 0 Å². The van der Waals surface area contributed by atoms with Gasteiger partial charge in [0, 0.05) is 10.9 Å². The van der Waals surface area contributed by atoms with E-state index in [0.717, 1.165) is 22.0 Å². The topological polar surface area (TPSA) is 48.4 Å². The summed E-state index contributed by atoms with van der Waals surface area (Å²) in [6.07, 6.45) is 0. The number of carbonyl (C=O) groups excluding carboxylic acids is 1. The predicted octanol–water partition coefficient (Wildman–Crippen LogP) is 4.87. The SMILES string of the molecule is CCOc1ccc(C(=O)OCc2csc(-c3ccc(C)cc3)n2)cc1. The standard InChI is InChI=1S/C20H19NO3S/c1-3-23-18-10-8-16(9-11-18)20(22)24-12-17-13-25-19(21-17)15-6-4-14(2)5-7-15/h4-11,13H,3,12H2,1-2H3. The second-order valence-electron chi connectivity index (χ2n) is 5.54. The number of hydrogen-bond donors (Lipinski definition) is 0. The average molecular weight is 353 g/mol. The van der Waals surface area contributed by atoms with Crippen LogP contribution in [0, 0.1) is 6.92 Å². The molecule has 0 spiro atoms. The van der Waals surface area contributed by atoms with E-state index in [1.807, 2.05) is 24.4 Å². The molecule has 0 bridgehead atoms. The van der Waals surface area contributed by atoms with Crippen molar-refractivity contribution in [1.29, 1.82) is 0 Å². The molecule has 0 amide bonds. The third-order valence-corrected chi connectivity index (χ3v) is 4.54. The molecule has 3 rings (SSSR count). The van der Waals surface area contributed by atoms with E-state index in [9.17, 15) is 4.79 Å². The maximum atomic E-state index is 12.1. The molecule has 0 N–H and O–H groups in total. The first-order valence-electron chi connectivity index (χ1n) is 8.07. The van der Waals surface area contributed by atoms with Crippen molar-refractivity contribution in [1.82, 2.24) is 4.98 Å². The molecule has 0 atom stereocenters. The maximum absolute atomic E-state index is 12.1. The molecule has 1 aromatic heterocycles. The molecule has 0 aliphatic carbocycles. The minimum Gasteiger partial charge on any atom is -0.494 e. The Labute approximate surface area is 151 Å². The quantitative estimate of drug-likeness (QED) is 0.593. The van der Waals surface area contributed by atoms with E-state index in [2.05, 4.69) is 24.0 Å². The highest BCUT2D eigenvalue weighted by molar-refractivity contribution is 7.13. The van der Waals surface area contributed by atoms with Gasteiger partial charge in [-0.15, -0.1) is 11.3 Å². The summed E-state index contributed by atoms with van der Waals surface area (Å²) in [6, 6.07) is 15.1. The minimum atomic E-state index is -0.368. The van der Waals surface area contributed by atoms with E-state index in [0.29, 0.717) is 12.2 Å². The van der Waals surface area contributed by atoms with Crippen molar-refractivity contribution in [2.75, 3.05) is 6.61 Å². The number of thiazole rings is 1. The van der Waals surface area contributed by atoms with Crippen LogP contribution in [-0.4, -0.2) is 17.6 Å². The molecule has 0 saturated carbocycles. The summed E-state index contributed by atoms with van der Waals surface area (Å²) in [5.74, 6) is 0.370. The predicted molar refractivity (Wildman–Crippen MR) is 99.0 cm³/mol. The molecule has 25 heavy (non-hydrogen) atoms. The first-order chi connectivity index (χ1) is 12.2. The molecule has 3 aromatic rings. The minimum absolute atomic E-state index is 0.161. The van der Waals surface area contributed by atoms with Crippen LogP contribution in [0.5, 0.6) is 5.75 Å². The highest BCUT2D eigenvalue weighted by Gasteiger charge is 2.10. The summed E-state index contributed by atoms with van der Waals surface area (Å²) >= 11 is 1.54. The molecule has 0 aliphatic heterocycles. The van der Waals surface area contributed by atoms with E-state index in [1.165, 1.54) is 5.56 Å². The van der Waals surface area contributed by atoms with Gasteiger partial charge in [-0.1, -0.05) is 29.8 Å². The van der Waals surface area contributed by atoms with E-state index >= 15 is 0 Å². The van der Waals surface area contributed by atoms with Crippen LogP contribution in [0.3, 0.4) is 0 Å². The summed E-state index contributed by atoms with van der Waals surface area (Å²) in [4.78, 5) is 16.6. The molecule has 0 radical (unpaired) electrons. The fourth-order valence-corrected chi connectivity index (χ4v) is 3.09. The summed E-state index contributed by atoms with van der Waals surface area (Å²) in [5, 5.41) is 2.84. The second kappa shape index (κ2) is 7.94. The van der Waals surface area contributed by atoms with E-state index in [1.54, 1.807) is 35.6 Å². The summed E-state index contributed by atoms with van der Waals surface area (Å²) < 4.78 is 10.7. The molecule has 2 aromatic carbocycles. The molecule has 0 fully saturated rings. The van der Waals surface area contributed by atoms with Gasteiger partial charge >= 0.3 is 5.97 Å². The Hall–Kier alpha value is -2.66. The molecule has 4 nitrogen and oxygen atoms in total. The van der Waals surface area contributed by atoms with Crippen molar-refractivity contribution in [3.8, 4) is 16.3 Å². The highest BCUT2D eigenvalue weighted by atomic mass is 32.1. The lowest BCUT2D eigenvalue weighted by Crippen LogP contribution is -2.05. The van der Waals surface area contributed by atoms with Crippen LogP contribution in [-0.2, 0) is 11.3 Å². The lowest BCUT2D eigenvalue weighted by atomic mass is 10.2. The van der Waals surface area contributed by atoms with Crippen LogP contribution < -0.4 is 4.74 Å². The number of rotatable bonds is 6. The van der Waals surface area contributed by atoms with Crippen LogP contribution in [0.25, 0.3) is 10.6 Å². The fourth-order valence-electron chi connectivity index (χ4n) is 2.28. The molecule has 5 heteroatoms. The highest BCUT2D eigenvalue weighted by Crippen LogP contribution is 2.24. The molecule has 128 valence electrons. The van der Waals surface area contributed by atoms with Gasteiger partial charge in [-0.2, -0.15) is 0 Å². The third kappa shape index (κ3) is 4.45. The largest absolute Gasteiger partial charge is 0.494 e. The van der Waals surface area contributed by atoms with Crippen molar-refractivity contribution in [3.05, 3.63) is 70.7 Å². The molecular weight excluding hydrogens is 334 g/mol. The molecular formula is C20H19NO3S. The smallest absolute Gasteiger partial charge is 0.338 e. The van der Waals surface area contributed by atoms with Crippen LogP contribution in [0.15, 0.2) is 53.9 Å². The second-order valence-corrected chi connectivity index (χ2v) is 6.40. The Morgan fingerprint density at radius 2 is 1.80 bits per heavy atom. The maximum Gasteiger partial charge on any atom is 0.338 e. The number of aromatic nitrogens is 1. The number of hydrogen-bond acceptors (Lipinski definition) is 5. The van der Waals surface area contributed by atoms with Gasteiger partial charge in [0.25, 0.3) is 0 Å². The van der Waals surface area contributed by atoms with Crippen LogP contribution >= 0.6 is 11.3 Å². The van der Waals surface area contributed by atoms with Crippen LogP contribution in [0.2, 0.25) is 0 Å². The van der Waals surface area contributed by atoms with Crippen LogP contribution in [0.1, 0.15) is 28.5 Å². The Balaban J connectivity index is 1.60. The Kier molecular flexibility index (Phi) is 5.46. The summed E-state index contributed by atoms with van der Waals surface area (Å²) in [5.41, 5.74) is 3.53. The van der Waals surface area contributed by atoms with Gasteiger partial charge in [-0.05, 0) is 38.1 Å². The number of esters is 1. The van der Waals surface area contributed by atoms with Gasteiger partial charge in [0.2, 0.25) is 0 Å². The number of aryl methyl sites for hydroxylation is 1. The van der Waals surface area contributed by atoms with Gasteiger partial charge in [-0.3, -0.25) is 0 Å². The number of ether oxygens (including phenoxy) is 2. The molecule has 1 heterocycles. The lowest BCUT2D eigenvalue weighted by molar-refractivity contribution is 0.0468. The number of carbonyl (C=O) groups is 1. The van der Waals surface area contributed by atoms with Crippen LogP contribution in [0.4, 0.5) is 0 Å². The molecule has 0 unspecified atom stereocenters. The van der Waals surface area contributed by atoms with Crippen molar-refractivity contribution in [3.63, 3.8) is 0 Å². The normalized spacial score (nSPS) is 10.5. The van der Waals surface area contributed by atoms with Gasteiger partial charge < -0.3 is 9.47 Å². The van der Waals surface area contributed by atoms with Crippen molar-refractivity contribution in [2.45, 2.75) is 20.5 Å². The van der Waals surface area contributed by atoms with Crippen molar-refractivity contribution < 1.29 is 14.3 Å². The average Bonchev–Trinajstić information content (AvgIpc) is 3.10. The van der Waals surface area contributed by atoms with Gasteiger partial charge in [0.1, 0.15) is 17.4 Å². The lowest BCUT2D eigenvalue weighted by Gasteiger charge is -2.05. The zero-order valence-corrected chi connectivity index (χ0v) is 15.0. The Morgan fingerprint density at radius 1 is 1.08 bits per heavy atom. The van der Waals surface area contributed by atoms with Gasteiger partial charge in [-0.25, -0.2) is 9.78 Å².